The molecule has 0 fully saturated rings. The van der Waals surface area contributed by atoms with E-state index in [2.05, 4.69) is 25.4 Å². The molecule has 0 aliphatic carbocycles. The van der Waals surface area contributed by atoms with Crippen LogP contribution in [0.25, 0.3) is 11.5 Å². The highest BCUT2D eigenvalue weighted by Crippen LogP contribution is 2.25. The lowest BCUT2D eigenvalue weighted by Crippen LogP contribution is -2.04. The molecule has 0 aliphatic rings. The number of aliphatic hydroxyl groups excluding tert-OH is 1. The van der Waals surface area contributed by atoms with Crippen molar-refractivity contribution in [3.8, 4) is 11.5 Å². The van der Waals surface area contributed by atoms with Crippen LogP contribution in [0.1, 0.15) is 11.4 Å². The fraction of sp³-hybridized carbons (Fsp3) is 0.182. The number of aliphatic hydroxyl groups is 1. The molecule has 4 aromatic rings. The zero-order chi connectivity index (χ0) is 24.7. The second-order valence-electron chi connectivity index (χ2n) is 7.14. The minimum absolute atomic E-state index is 0.0920. The number of hydrogen-bond acceptors (Lipinski definition) is 10. The third kappa shape index (κ3) is 6.56. The van der Waals surface area contributed by atoms with Gasteiger partial charge >= 0.3 is 0 Å². The van der Waals surface area contributed by atoms with Crippen LogP contribution in [0.5, 0.6) is 0 Å². The Hall–Kier alpha value is -3.90. The molecule has 2 heterocycles. The van der Waals surface area contributed by atoms with Gasteiger partial charge in [-0.05, 0) is 37.1 Å². The van der Waals surface area contributed by atoms with Gasteiger partial charge in [-0.2, -0.15) is 9.97 Å². The van der Waals surface area contributed by atoms with E-state index < -0.39 is 15.7 Å². The van der Waals surface area contributed by atoms with Gasteiger partial charge in [0.2, 0.25) is 5.95 Å². The molecule has 0 amide bonds. The Bertz CT molecular complexity index is 1360. The standard InChI is InChI=1S/C14H13FN6O3S.C8H10O/c1-7-18-13(24-21-7)9-6-17-14(20-12(9)16)19-8-3-4-11(10(15)5-8)25(2,22)23;9-7-6-8-4-2-1-3-5-8/h3-6H,1-2H3,(H3,16,17,19,20);1-5,9H,6-7H2. The highest BCUT2D eigenvalue weighted by Gasteiger charge is 2.15. The van der Waals surface area contributed by atoms with E-state index in [4.69, 9.17) is 15.4 Å². The minimum Gasteiger partial charge on any atom is -0.396 e. The summed E-state index contributed by atoms with van der Waals surface area (Å²) >= 11 is 0. The number of nitrogens with one attached hydrogen (secondary N) is 1. The zero-order valence-corrected chi connectivity index (χ0v) is 19.3. The van der Waals surface area contributed by atoms with Crippen LogP contribution in [0, 0.1) is 12.7 Å². The van der Waals surface area contributed by atoms with E-state index in [1.807, 2.05) is 30.3 Å². The van der Waals surface area contributed by atoms with Crippen LogP contribution >= 0.6 is 0 Å². The molecule has 0 spiro atoms. The van der Waals surface area contributed by atoms with E-state index in [1.54, 1.807) is 6.92 Å². The van der Waals surface area contributed by atoms with Gasteiger partial charge in [-0.3, -0.25) is 0 Å². The Balaban J connectivity index is 0.000000302. The lowest BCUT2D eigenvalue weighted by atomic mass is 10.2. The van der Waals surface area contributed by atoms with Crippen LogP contribution in [0.15, 0.2) is 64.1 Å². The summed E-state index contributed by atoms with van der Waals surface area (Å²) in [5.41, 5.74) is 7.68. The molecule has 0 saturated heterocycles. The van der Waals surface area contributed by atoms with E-state index in [0.717, 1.165) is 24.8 Å². The Morgan fingerprint density at radius 2 is 1.88 bits per heavy atom. The number of benzene rings is 2. The van der Waals surface area contributed by atoms with Gasteiger partial charge in [0.05, 0.1) is 0 Å². The molecule has 0 radical (unpaired) electrons. The maximum atomic E-state index is 13.9. The predicted molar refractivity (Wildman–Crippen MR) is 124 cm³/mol. The number of nitrogens with two attached hydrogens (primary N) is 1. The number of hydrogen-bond donors (Lipinski definition) is 3. The third-order valence-electron chi connectivity index (χ3n) is 4.41. The van der Waals surface area contributed by atoms with Crippen LogP contribution in [0.4, 0.5) is 21.8 Å². The fourth-order valence-electron chi connectivity index (χ4n) is 2.81. The SMILES string of the molecule is Cc1noc(-c2cnc(Nc3ccc(S(C)(=O)=O)c(F)c3)nc2N)n1.OCCc1ccccc1. The molecule has 178 valence electrons. The van der Waals surface area contributed by atoms with Crippen molar-refractivity contribution >= 4 is 27.3 Å². The Labute approximate surface area is 195 Å². The summed E-state index contributed by atoms with van der Waals surface area (Å²) in [4.78, 5) is 11.7. The van der Waals surface area contributed by atoms with Crippen LogP contribution in [0.2, 0.25) is 0 Å². The number of aryl methyl sites for hydroxylation is 1. The molecule has 0 atom stereocenters. The molecule has 10 nitrogen and oxygen atoms in total. The zero-order valence-electron chi connectivity index (χ0n) is 18.4. The molecule has 2 aromatic carbocycles. The van der Waals surface area contributed by atoms with E-state index in [0.29, 0.717) is 11.4 Å². The average molecular weight is 487 g/mol. The van der Waals surface area contributed by atoms with E-state index in [-0.39, 0.29) is 34.8 Å². The van der Waals surface area contributed by atoms with Crippen LogP contribution in [-0.2, 0) is 16.3 Å². The van der Waals surface area contributed by atoms with Gasteiger partial charge in [0, 0.05) is 24.7 Å². The van der Waals surface area contributed by atoms with E-state index in [9.17, 15) is 12.8 Å². The molecule has 2 aromatic heterocycles. The molecular formula is C22H23FN6O4S. The smallest absolute Gasteiger partial charge is 0.263 e. The summed E-state index contributed by atoms with van der Waals surface area (Å²) in [6.07, 6.45) is 3.08. The number of halogens is 1. The second-order valence-corrected chi connectivity index (χ2v) is 9.12. The number of aromatic nitrogens is 4. The van der Waals surface area contributed by atoms with Gasteiger partial charge in [-0.25, -0.2) is 17.8 Å². The lowest BCUT2D eigenvalue weighted by Gasteiger charge is -2.08. The van der Waals surface area contributed by atoms with Crippen molar-refractivity contribution in [3.63, 3.8) is 0 Å². The summed E-state index contributed by atoms with van der Waals surface area (Å²) < 4.78 is 41.7. The van der Waals surface area contributed by atoms with Crippen LogP contribution in [-0.4, -0.2) is 46.5 Å². The van der Waals surface area contributed by atoms with Crippen molar-refractivity contribution in [2.24, 2.45) is 0 Å². The fourth-order valence-corrected chi connectivity index (χ4v) is 3.54. The van der Waals surface area contributed by atoms with Gasteiger partial charge in [-0.15, -0.1) is 0 Å². The van der Waals surface area contributed by atoms with Crippen LogP contribution in [0.3, 0.4) is 0 Å². The topological polar surface area (TPSA) is 157 Å². The largest absolute Gasteiger partial charge is 0.396 e. The molecular weight excluding hydrogens is 463 g/mol. The van der Waals surface area contributed by atoms with Crippen molar-refractivity contribution < 1.29 is 22.4 Å². The second kappa shape index (κ2) is 10.8. The third-order valence-corrected chi connectivity index (χ3v) is 5.54. The summed E-state index contributed by atoms with van der Waals surface area (Å²) in [7, 11) is -3.64. The summed E-state index contributed by atoms with van der Waals surface area (Å²) in [5.74, 6) is -0.0556. The first kappa shape index (κ1) is 24.7. The van der Waals surface area contributed by atoms with Crippen molar-refractivity contribution in [1.82, 2.24) is 20.1 Å². The molecule has 0 bridgehead atoms. The van der Waals surface area contributed by atoms with Gasteiger partial charge in [0.15, 0.2) is 15.7 Å². The van der Waals surface area contributed by atoms with Crippen molar-refractivity contribution in [2.45, 2.75) is 18.2 Å². The van der Waals surface area contributed by atoms with Gasteiger partial charge < -0.3 is 20.7 Å². The van der Waals surface area contributed by atoms with Crippen molar-refractivity contribution in [1.29, 1.82) is 0 Å². The maximum absolute atomic E-state index is 13.9. The van der Waals surface area contributed by atoms with Crippen molar-refractivity contribution in [2.75, 3.05) is 23.9 Å². The molecule has 12 heteroatoms. The quantitative estimate of drug-likeness (QED) is 0.370. The first-order chi connectivity index (χ1) is 16.2. The normalized spacial score (nSPS) is 10.9. The molecule has 34 heavy (non-hydrogen) atoms. The number of nitrogen functional groups attached to an aromatic ring is 1. The number of nitrogens with zero attached hydrogens (tertiary/aromatic N) is 4. The van der Waals surface area contributed by atoms with Crippen molar-refractivity contribution in [3.05, 3.63) is 71.9 Å². The molecule has 0 unspecified atom stereocenters. The average Bonchev–Trinajstić information content (AvgIpc) is 3.20. The maximum Gasteiger partial charge on any atom is 0.263 e. The Morgan fingerprint density at radius 1 is 1.15 bits per heavy atom. The highest BCUT2D eigenvalue weighted by atomic mass is 32.2. The van der Waals surface area contributed by atoms with E-state index in [1.165, 1.54) is 17.8 Å². The first-order valence-corrected chi connectivity index (χ1v) is 11.9. The van der Waals surface area contributed by atoms with Gasteiger partial charge in [0.25, 0.3) is 5.89 Å². The Morgan fingerprint density at radius 3 is 2.44 bits per heavy atom. The summed E-state index contributed by atoms with van der Waals surface area (Å²) in [6.45, 7) is 1.90. The highest BCUT2D eigenvalue weighted by molar-refractivity contribution is 7.90. The number of sulfone groups is 1. The van der Waals surface area contributed by atoms with Gasteiger partial charge in [0.1, 0.15) is 22.1 Å². The molecule has 0 saturated carbocycles. The summed E-state index contributed by atoms with van der Waals surface area (Å²) in [5, 5.41) is 14.9. The Kier molecular flexibility index (Phi) is 7.87. The molecule has 4 rings (SSSR count). The number of anilines is 3. The van der Waals surface area contributed by atoms with E-state index >= 15 is 0 Å². The molecule has 4 N–H and O–H groups in total. The summed E-state index contributed by atoms with van der Waals surface area (Å²) in [6, 6.07) is 13.5. The predicted octanol–water partition coefficient (Wildman–Crippen LogP) is 2.92. The first-order valence-electron chi connectivity index (χ1n) is 10.0. The number of rotatable bonds is 6. The lowest BCUT2D eigenvalue weighted by molar-refractivity contribution is 0.299. The molecule has 0 aliphatic heterocycles. The monoisotopic (exact) mass is 486 g/mol. The van der Waals surface area contributed by atoms with Gasteiger partial charge in [-0.1, -0.05) is 35.5 Å². The van der Waals surface area contributed by atoms with Crippen LogP contribution < -0.4 is 11.1 Å². The minimum atomic E-state index is -3.64.